The second-order valence-corrected chi connectivity index (χ2v) is 8.36. The number of nitrogens with one attached hydrogen (secondary N) is 1. The van der Waals surface area contributed by atoms with Crippen molar-refractivity contribution in [3.8, 4) is 5.75 Å². The molecule has 2 aliphatic rings. The van der Waals surface area contributed by atoms with Gasteiger partial charge in [-0.25, -0.2) is 0 Å². The lowest BCUT2D eigenvalue weighted by Crippen LogP contribution is -2.49. The summed E-state index contributed by atoms with van der Waals surface area (Å²) in [5.74, 6) is 0.518. The highest BCUT2D eigenvalue weighted by molar-refractivity contribution is 6.00. The highest BCUT2D eigenvalue weighted by atomic mass is 16.5. The zero-order valence-electron chi connectivity index (χ0n) is 17.1. The molecule has 154 valence electrons. The van der Waals surface area contributed by atoms with Crippen molar-refractivity contribution in [3.05, 3.63) is 23.8 Å². The number of rotatable bonds is 6. The monoisotopic (exact) mass is 389 g/mol. The third kappa shape index (κ3) is 4.64. The van der Waals surface area contributed by atoms with Crippen LogP contribution in [0, 0.1) is 11.8 Å². The van der Waals surface area contributed by atoms with Crippen molar-refractivity contribution in [2.24, 2.45) is 11.8 Å². The van der Waals surface area contributed by atoms with Crippen molar-refractivity contribution in [1.82, 2.24) is 9.80 Å². The summed E-state index contributed by atoms with van der Waals surface area (Å²) in [5, 5.41) is 12.6. The third-order valence-corrected chi connectivity index (χ3v) is 5.43. The molecule has 7 nitrogen and oxygen atoms in total. The quantitative estimate of drug-likeness (QED) is 0.776. The van der Waals surface area contributed by atoms with Crippen LogP contribution in [0.5, 0.6) is 5.75 Å². The molecule has 1 aliphatic carbocycles. The summed E-state index contributed by atoms with van der Waals surface area (Å²) in [5.41, 5.74) is 1.02. The van der Waals surface area contributed by atoms with E-state index in [9.17, 15) is 14.7 Å². The SMILES string of the molecule is C[C@H]1CN([C@@H](C)CO)C(=O)c2cc(NC(=O)C3CC3)ccc2O[C@@H]1CN(C)C. The lowest BCUT2D eigenvalue weighted by atomic mass is 9.99. The molecule has 1 heterocycles. The van der Waals surface area contributed by atoms with Gasteiger partial charge in [-0.05, 0) is 52.1 Å². The topological polar surface area (TPSA) is 82.1 Å². The molecule has 1 aromatic rings. The number of anilines is 1. The van der Waals surface area contributed by atoms with Gasteiger partial charge in [-0.3, -0.25) is 9.59 Å². The van der Waals surface area contributed by atoms with E-state index in [4.69, 9.17) is 4.74 Å². The van der Waals surface area contributed by atoms with E-state index in [-0.39, 0.29) is 42.4 Å². The van der Waals surface area contributed by atoms with Crippen molar-refractivity contribution in [3.63, 3.8) is 0 Å². The van der Waals surface area contributed by atoms with Crippen molar-refractivity contribution >= 4 is 17.5 Å². The van der Waals surface area contributed by atoms with Crippen LogP contribution in [-0.4, -0.2) is 72.7 Å². The Balaban J connectivity index is 1.95. The molecule has 2 amide bonds. The van der Waals surface area contributed by atoms with Gasteiger partial charge in [-0.15, -0.1) is 0 Å². The standard InChI is InChI=1S/C21H31N3O4/c1-13-10-24(14(2)12-25)21(27)17-9-16(22-20(26)15-5-6-15)7-8-18(17)28-19(13)11-23(3)4/h7-9,13-15,19,25H,5-6,10-12H2,1-4H3,(H,22,26)/t13-,14-,19+/m0/s1. The number of aliphatic hydroxyl groups is 1. The number of carbonyl (C=O) groups is 2. The molecule has 1 saturated carbocycles. The van der Waals surface area contributed by atoms with Crippen molar-refractivity contribution in [2.45, 2.75) is 38.8 Å². The fraction of sp³-hybridized carbons (Fsp3) is 0.619. The van der Waals surface area contributed by atoms with E-state index in [1.807, 2.05) is 21.0 Å². The zero-order valence-corrected chi connectivity index (χ0v) is 17.1. The molecule has 3 rings (SSSR count). The Morgan fingerprint density at radius 1 is 1.39 bits per heavy atom. The van der Waals surface area contributed by atoms with E-state index in [0.717, 1.165) is 19.4 Å². The van der Waals surface area contributed by atoms with Crippen LogP contribution >= 0.6 is 0 Å². The highest BCUT2D eigenvalue weighted by Crippen LogP contribution is 2.33. The predicted molar refractivity (Wildman–Crippen MR) is 108 cm³/mol. The Morgan fingerprint density at radius 3 is 2.71 bits per heavy atom. The highest BCUT2D eigenvalue weighted by Gasteiger charge is 2.34. The van der Waals surface area contributed by atoms with Crippen LogP contribution in [0.4, 0.5) is 5.69 Å². The first-order valence-corrected chi connectivity index (χ1v) is 9.98. The zero-order chi connectivity index (χ0) is 20.4. The summed E-state index contributed by atoms with van der Waals surface area (Å²) >= 11 is 0. The lowest BCUT2D eigenvalue weighted by Gasteiger charge is -2.37. The molecule has 2 N–H and O–H groups in total. The number of fused-ring (bicyclic) bond motifs is 1. The molecule has 0 saturated heterocycles. The number of amides is 2. The Bertz CT molecular complexity index is 732. The fourth-order valence-corrected chi connectivity index (χ4v) is 3.47. The van der Waals surface area contributed by atoms with Crippen molar-refractivity contribution in [2.75, 3.05) is 39.1 Å². The van der Waals surface area contributed by atoms with Crippen LogP contribution in [0.3, 0.4) is 0 Å². The van der Waals surface area contributed by atoms with Gasteiger partial charge in [0.25, 0.3) is 5.91 Å². The predicted octanol–water partition coefficient (Wildman–Crippen LogP) is 1.82. The van der Waals surface area contributed by atoms with Crippen LogP contribution in [0.25, 0.3) is 0 Å². The Labute approximate surface area is 166 Å². The molecule has 0 spiro atoms. The van der Waals surface area contributed by atoms with Crippen molar-refractivity contribution < 1.29 is 19.4 Å². The summed E-state index contributed by atoms with van der Waals surface area (Å²) < 4.78 is 6.25. The van der Waals surface area contributed by atoms with Crippen LogP contribution in [0.1, 0.15) is 37.0 Å². The molecule has 0 aromatic heterocycles. The molecular formula is C21H31N3O4. The maximum Gasteiger partial charge on any atom is 0.258 e. The third-order valence-electron chi connectivity index (χ3n) is 5.43. The van der Waals surface area contributed by atoms with Crippen LogP contribution in [0.2, 0.25) is 0 Å². The van der Waals surface area contributed by atoms with Gasteiger partial charge in [0, 0.05) is 30.6 Å². The molecule has 1 aromatic carbocycles. The summed E-state index contributed by atoms with van der Waals surface area (Å²) in [7, 11) is 3.98. The molecule has 1 fully saturated rings. The van der Waals surface area contributed by atoms with Crippen LogP contribution in [0.15, 0.2) is 18.2 Å². The lowest BCUT2D eigenvalue weighted by molar-refractivity contribution is -0.117. The molecular weight excluding hydrogens is 358 g/mol. The van der Waals surface area contributed by atoms with Crippen LogP contribution in [-0.2, 0) is 4.79 Å². The Morgan fingerprint density at radius 2 is 2.11 bits per heavy atom. The number of ether oxygens (including phenoxy) is 1. The first-order chi connectivity index (χ1) is 13.3. The smallest absolute Gasteiger partial charge is 0.258 e. The largest absolute Gasteiger partial charge is 0.488 e. The van der Waals surface area contributed by atoms with Gasteiger partial charge < -0.3 is 25.0 Å². The van der Waals surface area contributed by atoms with Gasteiger partial charge in [-0.1, -0.05) is 6.92 Å². The second-order valence-electron chi connectivity index (χ2n) is 8.36. The molecule has 0 unspecified atom stereocenters. The maximum absolute atomic E-state index is 13.3. The molecule has 7 heteroatoms. The number of likely N-dealkylation sites (N-methyl/N-ethyl adjacent to an activating group) is 1. The number of hydrogen-bond acceptors (Lipinski definition) is 5. The average Bonchev–Trinajstić information content (AvgIpc) is 3.49. The average molecular weight is 389 g/mol. The summed E-state index contributed by atoms with van der Waals surface area (Å²) in [4.78, 5) is 29.1. The minimum Gasteiger partial charge on any atom is -0.488 e. The minimum absolute atomic E-state index is 0.00106. The van der Waals surface area contributed by atoms with Crippen molar-refractivity contribution in [1.29, 1.82) is 0 Å². The van der Waals surface area contributed by atoms with E-state index in [0.29, 0.717) is 23.5 Å². The molecule has 3 atom stereocenters. The van der Waals surface area contributed by atoms with Gasteiger partial charge in [0.1, 0.15) is 11.9 Å². The normalized spacial score (nSPS) is 23.5. The van der Waals surface area contributed by atoms with Crippen LogP contribution < -0.4 is 10.1 Å². The van der Waals surface area contributed by atoms with Gasteiger partial charge in [0.15, 0.2) is 0 Å². The molecule has 0 bridgehead atoms. The van der Waals surface area contributed by atoms with E-state index in [2.05, 4.69) is 17.1 Å². The summed E-state index contributed by atoms with van der Waals surface area (Å²) in [6, 6.07) is 4.94. The van der Waals surface area contributed by atoms with E-state index in [1.54, 1.807) is 23.1 Å². The fourth-order valence-electron chi connectivity index (χ4n) is 3.47. The first kappa shape index (κ1) is 20.6. The summed E-state index contributed by atoms with van der Waals surface area (Å²) in [6.45, 7) is 5.01. The number of benzene rings is 1. The number of hydrogen-bond donors (Lipinski definition) is 2. The van der Waals surface area contributed by atoms with Gasteiger partial charge in [0.2, 0.25) is 5.91 Å². The second kappa shape index (κ2) is 8.49. The Kier molecular flexibility index (Phi) is 6.25. The minimum atomic E-state index is -0.300. The van der Waals surface area contributed by atoms with E-state index < -0.39 is 0 Å². The number of nitrogens with zero attached hydrogens (tertiary/aromatic N) is 2. The summed E-state index contributed by atoms with van der Waals surface area (Å²) in [6.07, 6.45) is 1.75. The van der Waals surface area contributed by atoms with E-state index >= 15 is 0 Å². The van der Waals surface area contributed by atoms with Gasteiger partial charge in [0.05, 0.1) is 18.2 Å². The molecule has 0 radical (unpaired) electrons. The molecule has 28 heavy (non-hydrogen) atoms. The molecule has 1 aliphatic heterocycles. The number of carbonyl (C=O) groups excluding carboxylic acids is 2. The first-order valence-electron chi connectivity index (χ1n) is 9.98. The van der Waals surface area contributed by atoms with Gasteiger partial charge in [-0.2, -0.15) is 0 Å². The number of aliphatic hydroxyl groups excluding tert-OH is 1. The maximum atomic E-state index is 13.3. The Hall–Kier alpha value is -2.12. The van der Waals surface area contributed by atoms with E-state index in [1.165, 1.54) is 0 Å². The van der Waals surface area contributed by atoms with Gasteiger partial charge >= 0.3 is 0 Å².